The number of aromatic nitrogens is 1. The monoisotopic (exact) mass is 405 g/mol. The number of hydrogen-bond acceptors (Lipinski definition) is 2. The van der Waals surface area contributed by atoms with E-state index in [-0.39, 0.29) is 22.9 Å². The molecule has 7 unspecified atom stereocenters. The van der Waals surface area contributed by atoms with Gasteiger partial charge in [0.1, 0.15) is 0 Å². The normalized spacial score (nSPS) is 48.1. The SMILES string of the molecule is CC1(C)OC23CCC4(C)C(CCC5Cc6c([nH]c7ccccc67)C54C)C2CCC1O3. The highest BCUT2D eigenvalue weighted by Gasteiger charge is 2.70. The molecule has 3 nitrogen and oxygen atoms in total. The first-order valence-electron chi connectivity index (χ1n) is 12.3. The van der Waals surface area contributed by atoms with E-state index in [9.17, 15) is 0 Å². The molecule has 1 aromatic carbocycles. The standard InChI is InChI=1S/C27H35NO2/c1-24(2)22-12-11-20-19-10-9-16-15-18-17-7-5-6-8-21(17)28-23(18)26(16,4)25(19,3)13-14-27(20,29-22)30-24/h5-8,16,19-20,22,28H,9-15H2,1-4H3. The van der Waals surface area contributed by atoms with Crippen LogP contribution in [0.1, 0.15) is 77.5 Å². The first kappa shape index (κ1) is 18.3. The molecule has 2 saturated heterocycles. The topological polar surface area (TPSA) is 34.2 Å². The molecule has 1 spiro atoms. The highest BCUT2D eigenvalue weighted by molar-refractivity contribution is 5.86. The van der Waals surface area contributed by atoms with E-state index in [2.05, 4.69) is 56.9 Å². The molecular weight excluding hydrogens is 370 g/mol. The maximum atomic E-state index is 6.79. The van der Waals surface area contributed by atoms with Crippen LogP contribution in [0.15, 0.2) is 24.3 Å². The molecule has 2 bridgehead atoms. The summed E-state index contributed by atoms with van der Waals surface area (Å²) in [5.74, 6) is 1.67. The number of rotatable bonds is 0. The molecule has 1 N–H and O–H groups in total. The van der Waals surface area contributed by atoms with E-state index >= 15 is 0 Å². The maximum absolute atomic E-state index is 6.79. The van der Waals surface area contributed by atoms with Gasteiger partial charge in [-0.25, -0.2) is 0 Å². The van der Waals surface area contributed by atoms with Gasteiger partial charge in [0.15, 0.2) is 5.79 Å². The first-order valence-corrected chi connectivity index (χ1v) is 12.3. The van der Waals surface area contributed by atoms with Crippen molar-refractivity contribution in [1.29, 1.82) is 0 Å². The highest BCUT2D eigenvalue weighted by Crippen LogP contribution is 2.71. The minimum absolute atomic E-state index is 0.138. The fourth-order valence-electron chi connectivity index (χ4n) is 9.10. The van der Waals surface area contributed by atoms with Crippen LogP contribution in [0.25, 0.3) is 10.9 Å². The lowest BCUT2D eigenvalue weighted by atomic mass is 9.43. The van der Waals surface area contributed by atoms with E-state index in [0.29, 0.717) is 17.3 Å². The Hall–Kier alpha value is -1.32. The molecule has 5 aliphatic rings. The third-order valence-electron chi connectivity index (χ3n) is 10.8. The number of ether oxygens (including phenoxy) is 2. The van der Waals surface area contributed by atoms with Crippen molar-refractivity contribution in [1.82, 2.24) is 4.98 Å². The van der Waals surface area contributed by atoms with E-state index in [1.165, 1.54) is 43.0 Å². The van der Waals surface area contributed by atoms with Gasteiger partial charge in [-0.1, -0.05) is 32.0 Å². The van der Waals surface area contributed by atoms with Crippen molar-refractivity contribution < 1.29 is 9.47 Å². The molecule has 7 rings (SSSR count). The lowest BCUT2D eigenvalue weighted by molar-refractivity contribution is -0.291. The fraction of sp³-hybridized carbons (Fsp3) is 0.704. The molecule has 7 atom stereocenters. The third kappa shape index (κ3) is 1.88. The van der Waals surface area contributed by atoms with Crippen molar-refractivity contribution in [2.75, 3.05) is 0 Å². The van der Waals surface area contributed by atoms with Crippen molar-refractivity contribution in [2.24, 2.45) is 23.2 Å². The summed E-state index contributed by atoms with van der Waals surface area (Å²) in [4.78, 5) is 3.93. The molecule has 160 valence electrons. The minimum Gasteiger partial charge on any atom is -0.358 e. The van der Waals surface area contributed by atoms with Crippen molar-refractivity contribution in [3.05, 3.63) is 35.5 Å². The molecule has 2 saturated carbocycles. The molecule has 30 heavy (non-hydrogen) atoms. The van der Waals surface area contributed by atoms with Gasteiger partial charge >= 0.3 is 0 Å². The quantitative estimate of drug-likeness (QED) is 0.574. The number of benzene rings is 1. The summed E-state index contributed by atoms with van der Waals surface area (Å²) in [6.07, 6.45) is 8.89. The molecule has 3 heteroatoms. The Morgan fingerprint density at radius 3 is 2.60 bits per heavy atom. The van der Waals surface area contributed by atoms with Gasteiger partial charge in [-0.2, -0.15) is 0 Å². The lowest BCUT2D eigenvalue weighted by Crippen LogP contribution is -2.63. The second kappa shape index (κ2) is 5.35. The van der Waals surface area contributed by atoms with E-state index in [4.69, 9.17) is 9.47 Å². The summed E-state index contributed by atoms with van der Waals surface area (Å²) in [5.41, 5.74) is 4.87. The zero-order valence-corrected chi connectivity index (χ0v) is 18.9. The number of aromatic amines is 1. The molecule has 2 aromatic rings. The molecule has 2 aliphatic heterocycles. The Balaban J connectivity index is 1.35. The van der Waals surface area contributed by atoms with Crippen LogP contribution < -0.4 is 0 Å². The van der Waals surface area contributed by atoms with Crippen molar-refractivity contribution in [3.8, 4) is 0 Å². The molecule has 3 heterocycles. The highest BCUT2D eigenvalue weighted by atomic mass is 16.8. The van der Waals surface area contributed by atoms with Crippen LogP contribution in [0.4, 0.5) is 0 Å². The number of H-pyrrole nitrogens is 1. The van der Waals surface area contributed by atoms with Gasteiger partial charge in [0.2, 0.25) is 0 Å². The molecular formula is C27H35NO2. The van der Waals surface area contributed by atoms with Crippen LogP contribution in [-0.4, -0.2) is 22.5 Å². The fourth-order valence-corrected chi connectivity index (χ4v) is 9.10. The summed E-state index contributed by atoms with van der Waals surface area (Å²) >= 11 is 0. The summed E-state index contributed by atoms with van der Waals surface area (Å²) in [5, 5.41) is 1.46. The van der Waals surface area contributed by atoms with E-state index in [0.717, 1.165) is 18.8 Å². The van der Waals surface area contributed by atoms with E-state index < -0.39 is 0 Å². The molecule has 0 amide bonds. The first-order chi connectivity index (χ1) is 14.3. The van der Waals surface area contributed by atoms with Crippen LogP contribution >= 0.6 is 0 Å². The number of hydrogen-bond donors (Lipinski definition) is 1. The maximum Gasteiger partial charge on any atom is 0.172 e. The average Bonchev–Trinajstić information content (AvgIpc) is 3.28. The number of fused-ring (bicyclic) bond motifs is 9. The van der Waals surface area contributed by atoms with Crippen LogP contribution in [0.5, 0.6) is 0 Å². The molecule has 4 fully saturated rings. The predicted octanol–water partition coefficient (Wildman–Crippen LogP) is 6.11. The van der Waals surface area contributed by atoms with Crippen LogP contribution in [0.3, 0.4) is 0 Å². The van der Waals surface area contributed by atoms with Crippen molar-refractivity contribution in [2.45, 2.75) is 95.5 Å². The summed E-state index contributed by atoms with van der Waals surface area (Å²) in [7, 11) is 0. The van der Waals surface area contributed by atoms with Gasteiger partial charge in [-0.15, -0.1) is 0 Å². The molecule has 1 aromatic heterocycles. The predicted molar refractivity (Wildman–Crippen MR) is 118 cm³/mol. The summed E-state index contributed by atoms with van der Waals surface area (Å²) < 4.78 is 13.5. The molecule has 3 aliphatic carbocycles. The van der Waals surface area contributed by atoms with Gasteiger partial charge in [0.25, 0.3) is 0 Å². The Labute approximate surface area is 179 Å². The molecule has 0 radical (unpaired) electrons. The van der Waals surface area contributed by atoms with Crippen molar-refractivity contribution in [3.63, 3.8) is 0 Å². The van der Waals surface area contributed by atoms with Gasteiger partial charge in [0, 0.05) is 34.4 Å². The largest absolute Gasteiger partial charge is 0.358 e. The van der Waals surface area contributed by atoms with Crippen molar-refractivity contribution >= 4 is 10.9 Å². The Morgan fingerprint density at radius 1 is 0.933 bits per heavy atom. The number of para-hydroxylation sites is 1. The van der Waals surface area contributed by atoms with Gasteiger partial charge < -0.3 is 14.5 Å². The summed E-state index contributed by atoms with van der Waals surface area (Å²) in [6.45, 7) is 9.72. The summed E-state index contributed by atoms with van der Waals surface area (Å²) in [6, 6.07) is 8.95. The number of nitrogens with one attached hydrogen (secondary N) is 1. The second-order valence-corrected chi connectivity index (χ2v) is 12.0. The van der Waals surface area contributed by atoms with Crippen LogP contribution in [-0.2, 0) is 21.3 Å². The second-order valence-electron chi connectivity index (χ2n) is 12.0. The lowest BCUT2D eigenvalue weighted by Gasteiger charge is -2.64. The van der Waals surface area contributed by atoms with Gasteiger partial charge in [0.05, 0.1) is 11.7 Å². The van der Waals surface area contributed by atoms with Crippen LogP contribution in [0.2, 0.25) is 0 Å². The van der Waals surface area contributed by atoms with Crippen LogP contribution in [0, 0.1) is 23.2 Å². The van der Waals surface area contributed by atoms with Gasteiger partial charge in [-0.05, 0) is 81.3 Å². The minimum atomic E-state index is -0.318. The van der Waals surface area contributed by atoms with E-state index in [1.807, 2.05) is 0 Å². The van der Waals surface area contributed by atoms with Gasteiger partial charge in [-0.3, -0.25) is 0 Å². The zero-order chi connectivity index (χ0) is 20.5. The Kier molecular flexibility index (Phi) is 3.26. The van der Waals surface area contributed by atoms with E-state index in [1.54, 1.807) is 11.3 Å². The average molecular weight is 406 g/mol. The third-order valence-corrected chi connectivity index (χ3v) is 10.8. The Morgan fingerprint density at radius 2 is 1.73 bits per heavy atom. The zero-order valence-electron chi connectivity index (χ0n) is 18.9. The Bertz CT molecular complexity index is 1050. The smallest absolute Gasteiger partial charge is 0.172 e.